The Bertz CT molecular complexity index is 97.2. The van der Waals surface area contributed by atoms with Gasteiger partial charge in [0, 0.05) is 10.4 Å². The van der Waals surface area contributed by atoms with Crippen LogP contribution in [0, 0.1) is 0 Å². The molecule has 0 fully saturated rings. The van der Waals surface area contributed by atoms with Crippen molar-refractivity contribution in [3.63, 3.8) is 0 Å². The Morgan fingerprint density at radius 3 is 1.00 bits per heavy atom. The van der Waals surface area contributed by atoms with Crippen LogP contribution in [0.15, 0.2) is 0 Å². The van der Waals surface area contributed by atoms with Gasteiger partial charge >= 0.3 is 97.8 Å². The number of hydrogen-bond donors (Lipinski definition) is 0. The first-order chi connectivity index (χ1) is 2.00. The van der Waals surface area contributed by atoms with Crippen LogP contribution in [0.5, 0.6) is 0 Å². The van der Waals surface area contributed by atoms with E-state index in [-0.39, 0.29) is 110 Å². The van der Waals surface area contributed by atoms with E-state index in [1.807, 2.05) is 0 Å². The van der Waals surface area contributed by atoms with Gasteiger partial charge in [0.15, 0.2) is 0 Å². The largest absolute Gasteiger partial charge is 2.00 e. The van der Waals surface area contributed by atoms with Crippen molar-refractivity contribution in [2.75, 3.05) is 0 Å². The predicted octanol–water partition coefficient (Wildman–Crippen LogP) is -5.10. The fourth-order valence-electron chi connectivity index (χ4n) is 0. The third-order valence-electron chi connectivity index (χ3n) is 0. The van der Waals surface area contributed by atoms with E-state index < -0.39 is 10.4 Å². The molecular formula is Ba2ClO4S+. The van der Waals surface area contributed by atoms with Crippen molar-refractivity contribution in [2.24, 2.45) is 0 Å². The summed E-state index contributed by atoms with van der Waals surface area (Å²) in [5.41, 5.74) is 0. The predicted molar refractivity (Wildman–Crippen MR) is 22.0 cm³/mol. The molecule has 0 aromatic heterocycles. The van der Waals surface area contributed by atoms with E-state index in [1.54, 1.807) is 0 Å². The van der Waals surface area contributed by atoms with Gasteiger partial charge in [-0.2, -0.15) is 0 Å². The van der Waals surface area contributed by atoms with E-state index >= 15 is 0 Å². The Morgan fingerprint density at radius 1 is 1.00 bits per heavy atom. The van der Waals surface area contributed by atoms with Crippen LogP contribution in [0.4, 0.5) is 0 Å². The second kappa shape index (κ2) is 10.3. The molecule has 0 heterocycles. The molecule has 0 rings (SSSR count). The molecule has 0 atom stereocenters. The van der Waals surface area contributed by atoms with Crippen molar-refractivity contribution in [2.45, 2.75) is 0 Å². The summed E-state index contributed by atoms with van der Waals surface area (Å²) in [4.78, 5) is 0. The minimum Gasteiger partial charge on any atom is -1.00 e. The van der Waals surface area contributed by atoms with Crippen LogP contribution in [0.25, 0.3) is 0 Å². The van der Waals surface area contributed by atoms with E-state index in [4.69, 9.17) is 17.5 Å². The molecule has 8 heteroatoms. The summed E-state index contributed by atoms with van der Waals surface area (Å²) < 4.78 is 34.1. The standard InChI is InChI=1S/2Ba.ClH.H2O4S/c;;;1-5(2,3)4/h;;1H;(H2,1,2,3,4)/q2*+2;;/p-3. The molecule has 0 aliphatic heterocycles. The van der Waals surface area contributed by atoms with E-state index in [2.05, 4.69) is 0 Å². The molecule has 0 aromatic carbocycles. The monoisotopic (exact) mass is 407 g/mol. The third-order valence-corrected chi connectivity index (χ3v) is 0. The molecule has 0 aliphatic carbocycles. The maximum Gasteiger partial charge on any atom is 2.00 e. The smallest absolute Gasteiger partial charge is 1.00 e. The van der Waals surface area contributed by atoms with Crippen molar-refractivity contribution in [3.8, 4) is 0 Å². The quantitative estimate of drug-likeness (QED) is 0.229. The summed E-state index contributed by atoms with van der Waals surface area (Å²) in [6.45, 7) is 0. The van der Waals surface area contributed by atoms with Crippen molar-refractivity contribution in [1.29, 1.82) is 0 Å². The Balaban J connectivity index is -0.0000000267. The average Bonchev–Trinajstić information content (AvgIpc) is 0.722. The van der Waals surface area contributed by atoms with Crippen LogP contribution in [0.1, 0.15) is 0 Å². The van der Waals surface area contributed by atoms with Crippen molar-refractivity contribution in [3.05, 3.63) is 0 Å². The Labute approximate surface area is 134 Å². The molecule has 0 spiro atoms. The van der Waals surface area contributed by atoms with Gasteiger partial charge in [0.05, 0.1) is 0 Å². The fourth-order valence-corrected chi connectivity index (χ4v) is 0. The van der Waals surface area contributed by atoms with Crippen LogP contribution in [0.2, 0.25) is 0 Å². The Morgan fingerprint density at radius 2 is 1.00 bits per heavy atom. The summed E-state index contributed by atoms with van der Waals surface area (Å²) in [6, 6.07) is 0. The maximum absolute atomic E-state index is 8.52. The molecule has 0 bridgehead atoms. The first-order valence-electron chi connectivity index (χ1n) is 0.667. The van der Waals surface area contributed by atoms with Gasteiger partial charge in [-0.25, -0.2) is 0 Å². The third kappa shape index (κ3) is 58.8. The molecule has 0 aromatic rings. The zero-order chi connectivity index (χ0) is 4.50. The topological polar surface area (TPSA) is 80.3 Å². The fraction of sp³-hybridized carbons (Fsp3) is 0. The molecule has 4 nitrogen and oxygen atoms in total. The van der Waals surface area contributed by atoms with Crippen molar-refractivity contribution >= 4 is 108 Å². The van der Waals surface area contributed by atoms with E-state index in [0.29, 0.717) is 0 Å². The Kier molecular flexibility index (Phi) is 29.0. The molecule has 0 saturated carbocycles. The molecule has 0 amide bonds. The van der Waals surface area contributed by atoms with Crippen LogP contribution < -0.4 is 12.4 Å². The number of halogens is 1. The zero-order valence-corrected chi connectivity index (χ0v) is 14.3. The van der Waals surface area contributed by atoms with Crippen molar-refractivity contribution < 1.29 is 29.9 Å². The molecule has 40 valence electrons. The summed E-state index contributed by atoms with van der Waals surface area (Å²) >= 11 is 0. The SMILES string of the molecule is O=S(=O)([O-])[O-].[Ba+2].[Ba+2].[Cl-]. The zero-order valence-electron chi connectivity index (χ0n) is 3.83. The van der Waals surface area contributed by atoms with Crippen LogP contribution >= 0.6 is 0 Å². The van der Waals surface area contributed by atoms with Gasteiger partial charge in [-0.1, -0.05) is 0 Å². The summed E-state index contributed by atoms with van der Waals surface area (Å²) in [5, 5.41) is 0. The summed E-state index contributed by atoms with van der Waals surface area (Å²) in [7, 11) is -5.17. The molecule has 0 radical (unpaired) electrons. The first-order valence-corrected chi connectivity index (χ1v) is 2.00. The molecule has 0 saturated heterocycles. The van der Waals surface area contributed by atoms with Gasteiger partial charge in [0.2, 0.25) is 0 Å². The van der Waals surface area contributed by atoms with E-state index in [9.17, 15) is 0 Å². The average molecular weight is 406 g/mol. The second-order valence-electron chi connectivity index (χ2n) is 0.408. The number of hydrogen-bond acceptors (Lipinski definition) is 4. The molecule has 0 aliphatic rings. The molecule has 8 heavy (non-hydrogen) atoms. The molecule has 0 unspecified atom stereocenters. The van der Waals surface area contributed by atoms with Gasteiger partial charge in [-0.05, 0) is 0 Å². The van der Waals surface area contributed by atoms with Gasteiger partial charge in [-0.3, -0.25) is 8.42 Å². The van der Waals surface area contributed by atoms with Crippen LogP contribution in [-0.2, 0) is 10.4 Å². The maximum atomic E-state index is 8.52. The minimum absolute atomic E-state index is 0. The number of rotatable bonds is 0. The molecular weight excluding hydrogens is 406 g/mol. The Hall–Kier alpha value is 3.30. The normalized spacial score (nSPS) is 7.25. The van der Waals surface area contributed by atoms with E-state index in [1.165, 1.54) is 0 Å². The minimum atomic E-state index is -5.17. The van der Waals surface area contributed by atoms with Gasteiger partial charge in [-0.15, -0.1) is 0 Å². The van der Waals surface area contributed by atoms with Crippen molar-refractivity contribution in [1.82, 2.24) is 0 Å². The summed E-state index contributed by atoms with van der Waals surface area (Å²) in [6.07, 6.45) is 0. The van der Waals surface area contributed by atoms with Crippen LogP contribution in [0.3, 0.4) is 0 Å². The second-order valence-corrected chi connectivity index (χ2v) is 1.22. The first kappa shape index (κ1) is 22.5. The molecule has 0 N–H and O–H groups in total. The van der Waals surface area contributed by atoms with E-state index in [0.717, 1.165) is 0 Å². The van der Waals surface area contributed by atoms with Gasteiger partial charge in [0.25, 0.3) is 0 Å². The van der Waals surface area contributed by atoms with Gasteiger partial charge < -0.3 is 21.5 Å². The summed E-state index contributed by atoms with van der Waals surface area (Å²) in [5.74, 6) is 0. The van der Waals surface area contributed by atoms with Crippen LogP contribution in [-0.4, -0.2) is 115 Å². The van der Waals surface area contributed by atoms with Gasteiger partial charge in [0.1, 0.15) is 0 Å².